The quantitative estimate of drug-likeness (QED) is 0.726. The summed E-state index contributed by atoms with van der Waals surface area (Å²) in [5, 5.41) is 13.1. The molecule has 5 heteroatoms. The molecule has 0 aromatic heterocycles. The lowest BCUT2D eigenvalue weighted by Crippen LogP contribution is -2.43. The van der Waals surface area contributed by atoms with Crippen LogP contribution in [0.2, 0.25) is 0 Å². The van der Waals surface area contributed by atoms with Gasteiger partial charge in [-0.2, -0.15) is 0 Å². The molecule has 1 unspecified atom stereocenters. The number of carbonyl (C=O) groups is 1. The Hall–Kier alpha value is -1.59. The number of hydrogen-bond acceptors (Lipinski definition) is 4. The van der Waals surface area contributed by atoms with Crippen molar-refractivity contribution in [3.63, 3.8) is 0 Å². The van der Waals surface area contributed by atoms with Gasteiger partial charge < -0.3 is 15.2 Å². The monoisotopic (exact) mass is 336 g/mol. The second-order valence-corrected chi connectivity index (χ2v) is 6.67. The van der Waals surface area contributed by atoms with Crippen LogP contribution in [0, 0.1) is 20.8 Å². The molecule has 1 amide bonds. The second kappa shape index (κ2) is 9.64. The van der Waals surface area contributed by atoms with Crippen molar-refractivity contribution in [2.75, 3.05) is 26.2 Å². The van der Waals surface area contributed by atoms with Crippen LogP contribution in [0.1, 0.15) is 37.5 Å². The zero-order valence-corrected chi connectivity index (χ0v) is 15.8. The number of carbonyl (C=O) groups excluding carboxylic acids is 1. The second-order valence-electron chi connectivity index (χ2n) is 6.67. The minimum atomic E-state index is -0.642. The van der Waals surface area contributed by atoms with E-state index in [0.29, 0.717) is 13.1 Å². The van der Waals surface area contributed by atoms with Crippen molar-refractivity contribution in [3.05, 3.63) is 28.8 Å². The van der Waals surface area contributed by atoms with Crippen molar-refractivity contribution in [2.24, 2.45) is 0 Å². The van der Waals surface area contributed by atoms with E-state index >= 15 is 0 Å². The Morgan fingerprint density at radius 3 is 2.46 bits per heavy atom. The predicted octanol–water partition coefficient (Wildman–Crippen LogP) is 2.20. The van der Waals surface area contributed by atoms with Gasteiger partial charge in [0.2, 0.25) is 5.91 Å². The van der Waals surface area contributed by atoms with Crippen LogP contribution < -0.4 is 10.1 Å². The molecular weight excluding hydrogens is 304 g/mol. The maximum absolute atomic E-state index is 11.8. The molecule has 1 aromatic carbocycles. The first-order valence-electron chi connectivity index (χ1n) is 8.64. The van der Waals surface area contributed by atoms with Gasteiger partial charge in [0, 0.05) is 12.6 Å². The lowest BCUT2D eigenvalue weighted by Gasteiger charge is -2.24. The van der Waals surface area contributed by atoms with Crippen LogP contribution in [-0.4, -0.2) is 54.3 Å². The van der Waals surface area contributed by atoms with Crippen LogP contribution in [0.4, 0.5) is 0 Å². The molecule has 1 aromatic rings. The summed E-state index contributed by atoms with van der Waals surface area (Å²) in [5.74, 6) is 0.819. The minimum Gasteiger partial charge on any atom is -0.490 e. The summed E-state index contributed by atoms with van der Waals surface area (Å²) >= 11 is 0. The van der Waals surface area contributed by atoms with Gasteiger partial charge in [0.1, 0.15) is 18.5 Å². The summed E-state index contributed by atoms with van der Waals surface area (Å²) in [4.78, 5) is 13.8. The van der Waals surface area contributed by atoms with E-state index in [9.17, 15) is 9.90 Å². The van der Waals surface area contributed by atoms with Crippen molar-refractivity contribution < 1.29 is 14.6 Å². The van der Waals surface area contributed by atoms with Gasteiger partial charge in [0.25, 0.3) is 0 Å². The molecule has 0 spiro atoms. The first-order chi connectivity index (χ1) is 11.2. The van der Waals surface area contributed by atoms with Crippen LogP contribution in [0.15, 0.2) is 12.1 Å². The highest BCUT2D eigenvalue weighted by Gasteiger charge is 2.16. The van der Waals surface area contributed by atoms with Crippen molar-refractivity contribution in [2.45, 2.75) is 53.7 Å². The molecule has 136 valence electrons. The highest BCUT2D eigenvalue weighted by atomic mass is 16.5. The third kappa shape index (κ3) is 6.49. The number of nitrogens with zero attached hydrogens (tertiary/aromatic N) is 1. The number of ether oxygens (including phenoxy) is 1. The third-order valence-electron chi connectivity index (χ3n) is 4.03. The van der Waals surface area contributed by atoms with Gasteiger partial charge in [0.05, 0.1) is 6.54 Å². The van der Waals surface area contributed by atoms with Crippen molar-refractivity contribution in [1.82, 2.24) is 10.2 Å². The standard InChI is InChI=1S/C19H32N2O3/c1-7-21(11-18(23)20-13(2)3)10-17(22)12-24-19-15(5)9-8-14(4)16(19)6/h8-9,13,17,22H,7,10-12H2,1-6H3,(H,20,23). The Labute approximate surface area is 146 Å². The first-order valence-corrected chi connectivity index (χ1v) is 8.64. The molecule has 1 rings (SSSR count). The molecule has 0 aliphatic heterocycles. The van der Waals surface area contributed by atoms with Crippen LogP contribution in [0.3, 0.4) is 0 Å². The van der Waals surface area contributed by atoms with Gasteiger partial charge in [-0.05, 0) is 57.9 Å². The summed E-state index contributed by atoms with van der Waals surface area (Å²) in [6.07, 6.45) is -0.642. The van der Waals surface area contributed by atoms with E-state index in [0.717, 1.165) is 16.9 Å². The largest absolute Gasteiger partial charge is 0.490 e. The van der Waals surface area contributed by atoms with Gasteiger partial charge in [-0.1, -0.05) is 19.1 Å². The van der Waals surface area contributed by atoms with Gasteiger partial charge in [-0.3, -0.25) is 9.69 Å². The number of likely N-dealkylation sites (N-methyl/N-ethyl adjacent to an activating group) is 1. The average molecular weight is 336 g/mol. The Kier molecular flexibility index (Phi) is 8.22. The number of hydrogen-bond donors (Lipinski definition) is 2. The lowest BCUT2D eigenvalue weighted by atomic mass is 10.1. The zero-order valence-electron chi connectivity index (χ0n) is 15.8. The van der Waals surface area contributed by atoms with E-state index in [-0.39, 0.29) is 25.1 Å². The Balaban J connectivity index is 2.54. The van der Waals surface area contributed by atoms with Gasteiger partial charge in [0.15, 0.2) is 0 Å². The van der Waals surface area contributed by atoms with E-state index in [2.05, 4.69) is 11.4 Å². The number of benzene rings is 1. The van der Waals surface area contributed by atoms with Crippen molar-refractivity contribution >= 4 is 5.91 Å². The van der Waals surface area contributed by atoms with E-state index in [1.807, 2.05) is 52.5 Å². The highest BCUT2D eigenvalue weighted by Crippen LogP contribution is 2.25. The molecular formula is C19H32N2O3. The molecule has 0 fully saturated rings. The Bertz CT molecular complexity index is 544. The highest BCUT2D eigenvalue weighted by molar-refractivity contribution is 5.78. The van der Waals surface area contributed by atoms with Crippen LogP contribution in [0.25, 0.3) is 0 Å². The topological polar surface area (TPSA) is 61.8 Å². The first kappa shape index (κ1) is 20.5. The average Bonchev–Trinajstić information content (AvgIpc) is 2.49. The molecule has 0 bridgehead atoms. The molecule has 2 N–H and O–H groups in total. The van der Waals surface area contributed by atoms with E-state index in [1.165, 1.54) is 5.56 Å². The molecule has 0 aliphatic rings. The predicted molar refractivity (Wildman–Crippen MR) is 97.5 cm³/mol. The van der Waals surface area contributed by atoms with E-state index in [4.69, 9.17) is 4.74 Å². The molecule has 0 heterocycles. The molecule has 1 atom stereocenters. The molecule has 0 aliphatic carbocycles. The SMILES string of the molecule is CCN(CC(=O)NC(C)C)CC(O)COc1c(C)ccc(C)c1C. The van der Waals surface area contributed by atoms with Crippen molar-refractivity contribution in [1.29, 1.82) is 0 Å². The van der Waals surface area contributed by atoms with Crippen LogP contribution in [0.5, 0.6) is 5.75 Å². The fourth-order valence-corrected chi connectivity index (χ4v) is 2.55. The Morgan fingerprint density at radius 2 is 1.88 bits per heavy atom. The number of aliphatic hydroxyl groups is 1. The molecule has 5 nitrogen and oxygen atoms in total. The third-order valence-corrected chi connectivity index (χ3v) is 4.03. The molecule has 0 saturated heterocycles. The maximum Gasteiger partial charge on any atom is 0.234 e. The van der Waals surface area contributed by atoms with E-state index < -0.39 is 6.10 Å². The summed E-state index contributed by atoms with van der Waals surface area (Å²) in [7, 11) is 0. The summed E-state index contributed by atoms with van der Waals surface area (Å²) in [5.41, 5.74) is 3.34. The lowest BCUT2D eigenvalue weighted by molar-refractivity contribution is -0.123. The number of aliphatic hydroxyl groups excluding tert-OH is 1. The number of amides is 1. The normalized spacial score (nSPS) is 12.5. The Morgan fingerprint density at radius 1 is 1.25 bits per heavy atom. The van der Waals surface area contributed by atoms with Gasteiger partial charge in [-0.15, -0.1) is 0 Å². The van der Waals surface area contributed by atoms with Gasteiger partial charge in [-0.25, -0.2) is 0 Å². The summed E-state index contributed by atoms with van der Waals surface area (Å²) in [6.45, 7) is 13.5. The minimum absolute atomic E-state index is 0.0228. The molecule has 0 saturated carbocycles. The number of nitrogens with one attached hydrogen (secondary N) is 1. The number of rotatable bonds is 9. The fourth-order valence-electron chi connectivity index (χ4n) is 2.55. The number of aryl methyl sites for hydroxylation is 2. The summed E-state index contributed by atoms with van der Waals surface area (Å²) in [6, 6.07) is 4.22. The fraction of sp³-hybridized carbons (Fsp3) is 0.632. The zero-order chi connectivity index (χ0) is 18.3. The van der Waals surface area contributed by atoms with Gasteiger partial charge >= 0.3 is 0 Å². The molecule has 24 heavy (non-hydrogen) atoms. The van der Waals surface area contributed by atoms with Crippen LogP contribution in [-0.2, 0) is 4.79 Å². The van der Waals surface area contributed by atoms with Crippen molar-refractivity contribution in [3.8, 4) is 5.75 Å². The molecule has 0 radical (unpaired) electrons. The smallest absolute Gasteiger partial charge is 0.234 e. The summed E-state index contributed by atoms with van der Waals surface area (Å²) < 4.78 is 5.85. The van der Waals surface area contributed by atoms with E-state index in [1.54, 1.807) is 0 Å². The maximum atomic E-state index is 11.8. The van der Waals surface area contributed by atoms with Crippen LogP contribution >= 0.6 is 0 Å².